The van der Waals surface area contributed by atoms with Gasteiger partial charge in [-0.3, -0.25) is 15.1 Å². The zero-order valence-corrected chi connectivity index (χ0v) is 11.0. The Morgan fingerprint density at radius 1 is 1.42 bits per heavy atom. The van der Waals surface area contributed by atoms with Crippen molar-refractivity contribution >= 4 is 11.5 Å². The van der Waals surface area contributed by atoms with Gasteiger partial charge in [0.25, 0.3) is 0 Å². The highest BCUT2D eigenvalue weighted by Crippen LogP contribution is 2.30. The first-order valence-corrected chi connectivity index (χ1v) is 5.85. The first-order valence-electron chi connectivity index (χ1n) is 5.85. The predicted molar refractivity (Wildman–Crippen MR) is 70.9 cm³/mol. The van der Waals surface area contributed by atoms with E-state index in [9.17, 15) is 10.1 Å². The summed E-state index contributed by atoms with van der Waals surface area (Å²) in [5.74, 6) is 0.409. The van der Waals surface area contributed by atoms with Gasteiger partial charge in [-0.15, -0.1) is 0 Å². The molecule has 7 nitrogen and oxygen atoms in total. The lowest BCUT2D eigenvalue weighted by molar-refractivity contribution is -0.384. The third-order valence-electron chi connectivity index (χ3n) is 2.93. The molecule has 0 amide bonds. The number of hydrogen-bond acceptors (Lipinski definition) is 5. The standard InChI is InChI=1S/C12H15N5O2/c1-8(10-4-6-13-7-5-10)14-12-11(17(18)19)9(2)15-16(12)3/h4-8,14H,1-3H3. The molecule has 2 heterocycles. The van der Waals surface area contributed by atoms with Crippen molar-refractivity contribution in [2.45, 2.75) is 19.9 Å². The number of pyridine rings is 1. The Labute approximate surface area is 110 Å². The van der Waals surface area contributed by atoms with E-state index in [0.29, 0.717) is 11.5 Å². The summed E-state index contributed by atoms with van der Waals surface area (Å²) in [5.41, 5.74) is 1.42. The minimum Gasteiger partial charge on any atom is -0.358 e. The van der Waals surface area contributed by atoms with E-state index < -0.39 is 4.92 Å². The van der Waals surface area contributed by atoms with Gasteiger partial charge in [0.2, 0.25) is 5.82 Å². The molecule has 0 saturated carbocycles. The number of nitro groups is 1. The van der Waals surface area contributed by atoms with E-state index in [4.69, 9.17) is 0 Å². The van der Waals surface area contributed by atoms with Crippen LogP contribution in [0, 0.1) is 17.0 Å². The summed E-state index contributed by atoms with van der Waals surface area (Å²) in [4.78, 5) is 14.6. The molecule has 1 unspecified atom stereocenters. The van der Waals surface area contributed by atoms with Crippen molar-refractivity contribution in [3.8, 4) is 0 Å². The van der Waals surface area contributed by atoms with Crippen molar-refractivity contribution in [3.63, 3.8) is 0 Å². The lowest BCUT2D eigenvalue weighted by atomic mass is 10.1. The molecular weight excluding hydrogens is 246 g/mol. The fourth-order valence-corrected chi connectivity index (χ4v) is 1.97. The summed E-state index contributed by atoms with van der Waals surface area (Å²) in [7, 11) is 1.68. The topological polar surface area (TPSA) is 85.9 Å². The lowest BCUT2D eigenvalue weighted by Crippen LogP contribution is -2.11. The number of aryl methyl sites for hydroxylation is 2. The highest BCUT2D eigenvalue weighted by Gasteiger charge is 2.25. The van der Waals surface area contributed by atoms with E-state index in [1.807, 2.05) is 19.1 Å². The Morgan fingerprint density at radius 3 is 2.63 bits per heavy atom. The zero-order valence-electron chi connectivity index (χ0n) is 11.0. The average molecular weight is 261 g/mol. The second kappa shape index (κ2) is 5.05. The summed E-state index contributed by atoms with van der Waals surface area (Å²) < 4.78 is 1.49. The van der Waals surface area contributed by atoms with E-state index in [0.717, 1.165) is 5.56 Å². The number of nitrogens with one attached hydrogen (secondary N) is 1. The molecule has 7 heteroatoms. The van der Waals surface area contributed by atoms with E-state index in [1.54, 1.807) is 26.4 Å². The molecule has 0 radical (unpaired) electrons. The fourth-order valence-electron chi connectivity index (χ4n) is 1.97. The van der Waals surface area contributed by atoms with Crippen LogP contribution in [0.2, 0.25) is 0 Å². The van der Waals surface area contributed by atoms with Gasteiger partial charge in [0.15, 0.2) is 0 Å². The number of anilines is 1. The normalized spacial score (nSPS) is 12.2. The molecule has 1 N–H and O–H groups in total. The van der Waals surface area contributed by atoms with Gasteiger partial charge < -0.3 is 5.32 Å². The second-order valence-corrected chi connectivity index (χ2v) is 4.31. The van der Waals surface area contributed by atoms with Crippen LogP contribution < -0.4 is 5.32 Å². The average Bonchev–Trinajstić information content (AvgIpc) is 2.65. The van der Waals surface area contributed by atoms with Gasteiger partial charge in [-0.25, -0.2) is 4.68 Å². The van der Waals surface area contributed by atoms with Crippen LogP contribution in [-0.2, 0) is 7.05 Å². The van der Waals surface area contributed by atoms with Gasteiger partial charge >= 0.3 is 5.69 Å². The largest absolute Gasteiger partial charge is 0.358 e. The number of nitrogens with zero attached hydrogens (tertiary/aromatic N) is 4. The van der Waals surface area contributed by atoms with Crippen molar-refractivity contribution in [2.75, 3.05) is 5.32 Å². The highest BCUT2D eigenvalue weighted by atomic mass is 16.6. The van der Waals surface area contributed by atoms with Gasteiger partial charge in [0, 0.05) is 19.4 Å². The predicted octanol–water partition coefficient (Wildman–Crippen LogP) is 2.20. The SMILES string of the molecule is Cc1nn(C)c(NC(C)c2ccncc2)c1[N+](=O)[O-]. The maximum atomic E-state index is 11.1. The third-order valence-corrected chi connectivity index (χ3v) is 2.93. The Balaban J connectivity index is 2.31. The summed E-state index contributed by atoms with van der Waals surface area (Å²) in [6.45, 7) is 3.56. The number of hydrogen-bond donors (Lipinski definition) is 1. The molecule has 0 aliphatic heterocycles. The van der Waals surface area contributed by atoms with Crippen molar-refractivity contribution in [3.05, 3.63) is 45.9 Å². The van der Waals surface area contributed by atoms with Crippen molar-refractivity contribution in [1.82, 2.24) is 14.8 Å². The fraction of sp³-hybridized carbons (Fsp3) is 0.333. The number of rotatable bonds is 4. The van der Waals surface area contributed by atoms with Crippen LogP contribution in [0.4, 0.5) is 11.5 Å². The van der Waals surface area contributed by atoms with Gasteiger partial charge in [-0.05, 0) is 31.5 Å². The molecule has 0 aromatic carbocycles. The molecule has 0 bridgehead atoms. The van der Waals surface area contributed by atoms with Gasteiger partial charge in [0.05, 0.1) is 11.0 Å². The third kappa shape index (κ3) is 2.54. The Bertz CT molecular complexity index is 594. The van der Waals surface area contributed by atoms with Crippen LogP contribution in [0.3, 0.4) is 0 Å². The molecule has 0 fully saturated rings. The molecule has 0 aliphatic carbocycles. The van der Waals surface area contributed by atoms with Gasteiger partial charge in [-0.1, -0.05) is 0 Å². The highest BCUT2D eigenvalue weighted by molar-refractivity contribution is 5.60. The van der Waals surface area contributed by atoms with Crippen LogP contribution in [0.15, 0.2) is 24.5 Å². The smallest absolute Gasteiger partial charge is 0.333 e. The van der Waals surface area contributed by atoms with Crippen LogP contribution in [0.5, 0.6) is 0 Å². The molecule has 0 saturated heterocycles. The zero-order chi connectivity index (χ0) is 14.0. The summed E-state index contributed by atoms with van der Waals surface area (Å²) in [6.07, 6.45) is 3.38. The van der Waals surface area contributed by atoms with Crippen molar-refractivity contribution in [2.24, 2.45) is 7.05 Å². The molecule has 19 heavy (non-hydrogen) atoms. The van der Waals surface area contributed by atoms with Crippen LogP contribution in [0.1, 0.15) is 24.2 Å². The molecule has 2 aromatic rings. The first-order chi connectivity index (χ1) is 9.00. The van der Waals surface area contributed by atoms with Crippen LogP contribution >= 0.6 is 0 Å². The maximum absolute atomic E-state index is 11.1. The Kier molecular flexibility index (Phi) is 3.46. The quantitative estimate of drug-likeness (QED) is 0.673. The molecule has 2 aromatic heterocycles. The molecular formula is C12H15N5O2. The number of aromatic nitrogens is 3. The van der Waals surface area contributed by atoms with Crippen LogP contribution in [-0.4, -0.2) is 19.7 Å². The second-order valence-electron chi connectivity index (χ2n) is 4.31. The molecule has 2 rings (SSSR count). The summed E-state index contributed by atoms with van der Waals surface area (Å²) in [6, 6.07) is 3.66. The van der Waals surface area contributed by atoms with Crippen LogP contribution in [0.25, 0.3) is 0 Å². The minimum absolute atomic E-state index is 0.0170. The van der Waals surface area contributed by atoms with Crippen molar-refractivity contribution in [1.29, 1.82) is 0 Å². The van der Waals surface area contributed by atoms with E-state index in [2.05, 4.69) is 15.4 Å². The Morgan fingerprint density at radius 2 is 2.05 bits per heavy atom. The first kappa shape index (κ1) is 13.0. The minimum atomic E-state index is -0.413. The summed E-state index contributed by atoms with van der Waals surface area (Å²) in [5, 5.41) is 18.3. The summed E-state index contributed by atoms with van der Waals surface area (Å²) >= 11 is 0. The maximum Gasteiger partial charge on any atom is 0.333 e. The monoisotopic (exact) mass is 261 g/mol. The molecule has 0 aliphatic rings. The Hall–Kier alpha value is -2.44. The van der Waals surface area contributed by atoms with Gasteiger partial charge in [0.1, 0.15) is 5.69 Å². The lowest BCUT2D eigenvalue weighted by Gasteiger charge is -2.14. The van der Waals surface area contributed by atoms with E-state index in [-0.39, 0.29) is 11.7 Å². The molecule has 1 atom stereocenters. The van der Waals surface area contributed by atoms with Gasteiger partial charge in [-0.2, -0.15) is 5.10 Å². The molecule has 100 valence electrons. The van der Waals surface area contributed by atoms with Crippen molar-refractivity contribution < 1.29 is 4.92 Å². The van der Waals surface area contributed by atoms with E-state index in [1.165, 1.54) is 4.68 Å². The van der Waals surface area contributed by atoms with E-state index >= 15 is 0 Å². The molecule has 0 spiro atoms.